The summed E-state index contributed by atoms with van der Waals surface area (Å²) in [5.41, 5.74) is 0.617. The van der Waals surface area contributed by atoms with Gasteiger partial charge in [0.15, 0.2) is 5.16 Å². The van der Waals surface area contributed by atoms with Gasteiger partial charge in [0.2, 0.25) is 0 Å². The maximum atomic E-state index is 11.7. The van der Waals surface area contributed by atoms with E-state index in [-0.39, 0.29) is 16.7 Å². The number of nitrogens with zero attached hydrogens (tertiary/aromatic N) is 1. The Balaban J connectivity index is 2.18. The van der Waals surface area contributed by atoms with Crippen LogP contribution in [0, 0.1) is 11.8 Å². The first-order valence-electron chi connectivity index (χ1n) is 7.49. The van der Waals surface area contributed by atoms with Crippen LogP contribution in [0.4, 0.5) is 0 Å². The van der Waals surface area contributed by atoms with Gasteiger partial charge in [0.25, 0.3) is 5.56 Å². The largest absolute Gasteiger partial charge is 0.481 e. The van der Waals surface area contributed by atoms with Crippen LogP contribution < -0.4 is 5.56 Å². The van der Waals surface area contributed by atoms with E-state index in [2.05, 4.69) is 16.9 Å². The Morgan fingerprint density at radius 1 is 1.52 bits per heavy atom. The van der Waals surface area contributed by atoms with Gasteiger partial charge in [0, 0.05) is 17.0 Å². The van der Waals surface area contributed by atoms with Gasteiger partial charge >= 0.3 is 5.97 Å². The van der Waals surface area contributed by atoms with Crippen LogP contribution in [-0.4, -0.2) is 26.3 Å². The Bertz CT molecular complexity index is 558. The molecule has 0 bridgehead atoms. The van der Waals surface area contributed by atoms with E-state index in [0.717, 1.165) is 31.4 Å². The molecule has 0 aliphatic heterocycles. The van der Waals surface area contributed by atoms with Crippen molar-refractivity contribution in [2.24, 2.45) is 11.8 Å². The van der Waals surface area contributed by atoms with Crippen molar-refractivity contribution in [2.75, 3.05) is 0 Å². The fraction of sp³-hybridized carbons (Fsp3) is 0.667. The standard InChI is InChI=1S/C15H22N2O3S/c1-3-4-10-8-13(18)17-15(16-10)21-12-7-9(2)5-6-11(12)14(19)20/h8-9,11-12H,3-7H2,1-2H3,(H,19,20)(H,16,17,18). The molecule has 1 aliphatic carbocycles. The number of carboxylic acid groups (broad SMARTS) is 1. The third-order valence-corrected chi connectivity index (χ3v) is 5.15. The van der Waals surface area contributed by atoms with Crippen LogP contribution in [0.2, 0.25) is 0 Å². The van der Waals surface area contributed by atoms with Crippen molar-refractivity contribution in [3.05, 3.63) is 22.1 Å². The molecule has 0 aromatic carbocycles. The van der Waals surface area contributed by atoms with E-state index in [1.807, 2.05) is 6.92 Å². The summed E-state index contributed by atoms with van der Waals surface area (Å²) < 4.78 is 0. The zero-order valence-corrected chi connectivity index (χ0v) is 13.3. The SMILES string of the molecule is CCCc1cc(=O)[nH]c(SC2CC(C)CCC2C(=O)O)n1. The summed E-state index contributed by atoms with van der Waals surface area (Å²) >= 11 is 1.41. The van der Waals surface area contributed by atoms with Crippen molar-refractivity contribution in [2.45, 2.75) is 56.4 Å². The fourth-order valence-corrected chi connectivity index (χ4v) is 4.27. The van der Waals surface area contributed by atoms with E-state index in [1.165, 1.54) is 17.8 Å². The molecule has 0 saturated heterocycles. The predicted molar refractivity (Wildman–Crippen MR) is 82.6 cm³/mol. The van der Waals surface area contributed by atoms with E-state index in [9.17, 15) is 14.7 Å². The van der Waals surface area contributed by atoms with Crippen LogP contribution in [0.25, 0.3) is 0 Å². The van der Waals surface area contributed by atoms with Gasteiger partial charge in [-0.25, -0.2) is 4.98 Å². The Morgan fingerprint density at radius 2 is 2.29 bits per heavy atom. The van der Waals surface area contributed by atoms with Gasteiger partial charge in [-0.3, -0.25) is 9.59 Å². The average Bonchev–Trinajstić information content (AvgIpc) is 2.38. The molecule has 21 heavy (non-hydrogen) atoms. The molecule has 2 rings (SSSR count). The zero-order chi connectivity index (χ0) is 15.4. The summed E-state index contributed by atoms with van der Waals surface area (Å²) in [5.74, 6) is -0.582. The highest BCUT2D eigenvalue weighted by atomic mass is 32.2. The van der Waals surface area contributed by atoms with Crippen LogP contribution >= 0.6 is 11.8 Å². The lowest BCUT2D eigenvalue weighted by atomic mass is 9.82. The topological polar surface area (TPSA) is 83.0 Å². The number of aliphatic carboxylic acids is 1. The molecule has 1 aromatic heterocycles. The maximum Gasteiger partial charge on any atom is 0.307 e. The van der Waals surface area contributed by atoms with E-state index in [0.29, 0.717) is 17.5 Å². The number of thioether (sulfide) groups is 1. The lowest BCUT2D eigenvalue weighted by Crippen LogP contribution is -2.32. The predicted octanol–water partition coefficient (Wildman–Crippen LogP) is 2.70. The Hall–Kier alpha value is -1.30. The van der Waals surface area contributed by atoms with E-state index >= 15 is 0 Å². The fourth-order valence-electron chi connectivity index (χ4n) is 2.81. The van der Waals surface area contributed by atoms with Crippen molar-refractivity contribution >= 4 is 17.7 Å². The lowest BCUT2D eigenvalue weighted by Gasteiger charge is -2.31. The minimum atomic E-state index is -0.744. The molecule has 6 heteroatoms. The summed E-state index contributed by atoms with van der Waals surface area (Å²) in [7, 11) is 0. The summed E-state index contributed by atoms with van der Waals surface area (Å²) in [6.07, 6.45) is 4.20. The van der Waals surface area contributed by atoms with Crippen molar-refractivity contribution in [1.82, 2.24) is 9.97 Å². The Morgan fingerprint density at radius 3 is 2.95 bits per heavy atom. The molecule has 1 aliphatic rings. The van der Waals surface area contributed by atoms with Gasteiger partial charge < -0.3 is 10.1 Å². The highest BCUT2D eigenvalue weighted by Gasteiger charge is 2.34. The van der Waals surface area contributed by atoms with Gasteiger partial charge in [-0.2, -0.15) is 0 Å². The third-order valence-electron chi connectivity index (χ3n) is 3.91. The highest BCUT2D eigenvalue weighted by molar-refractivity contribution is 7.99. The number of H-pyrrole nitrogens is 1. The molecular weight excluding hydrogens is 288 g/mol. The Kier molecular flexibility index (Phi) is 5.45. The first-order chi connectivity index (χ1) is 9.99. The minimum Gasteiger partial charge on any atom is -0.481 e. The first-order valence-corrected chi connectivity index (χ1v) is 8.37. The second-order valence-corrected chi connectivity index (χ2v) is 7.04. The van der Waals surface area contributed by atoms with E-state index < -0.39 is 5.97 Å². The second-order valence-electron chi connectivity index (χ2n) is 5.81. The number of hydrogen-bond acceptors (Lipinski definition) is 4. The number of aromatic amines is 1. The van der Waals surface area contributed by atoms with Crippen LogP contribution in [0.15, 0.2) is 16.0 Å². The van der Waals surface area contributed by atoms with Crippen molar-refractivity contribution in [3.63, 3.8) is 0 Å². The normalized spacial score (nSPS) is 25.7. The molecule has 0 spiro atoms. The van der Waals surface area contributed by atoms with Crippen LogP contribution in [0.5, 0.6) is 0 Å². The number of rotatable bonds is 5. The highest BCUT2D eigenvalue weighted by Crippen LogP contribution is 2.38. The molecule has 2 N–H and O–H groups in total. The average molecular weight is 310 g/mol. The van der Waals surface area contributed by atoms with Gasteiger partial charge in [-0.15, -0.1) is 0 Å². The van der Waals surface area contributed by atoms with Gasteiger partial charge in [-0.1, -0.05) is 32.0 Å². The van der Waals surface area contributed by atoms with E-state index in [1.54, 1.807) is 0 Å². The molecular formula is C15H22N2O3S. The van der Waals surface area contributed by atoms with Crippen molar-refractivity contribution < 1.29 is 9.90 Å². The molecule has 5 nitrogen and oxygen atoms in total. The molecule has 116 valence electrons. The summed E-state index contributed by atoms with van der Waals surface area (Å²) in [6.45, 7) is 4.19. The molecule has 0 amide bonds. The molecule has 1 fully saturated rings. The van der Waals surface area contributed by atoms with Crippen molar-refractivity contribution in [3.8, 4) is 0 Å². The molecule has 1 saturated carbocycles. The molecule has 1 heterocycles. The Labute approximate surface area is 128 Å². The number of aromatic nitrogens is 2. The van der Waals surface area contributed by atoms with Gasteiger partial charge in [-0.05, 0) is 31.6 Å². The minimum absolute atomic E-state index is 0.0220. The summed E-state index contributed by atoms with van der Waals surface area (Å²) in [4.78, 5) is 30.3. The lowest BCUT2D eigenvalue weighted by molar-refractivity contribution is -0.142. The maximum absolute atomic E-state index is 11.7. The van der Waals surface area contributed by atoms with Gasteiger partial charge in [0.05, 0.1) is 5.92 Å². The first kappa shape index (κ1) is 16.1. The monoisotopic (exact) mass is 310 g/mol. The molecule has 3 atom stereocenters. The van der Waals surface area contributed by atoms with E-state index in [4.69, 9.17) is 0 Å². The second kappa shape index (κ2) is 7.11. The third kappa shape index (κ3) is 4.33. The number of aryl methyl sites for hydroxylation is 1. The van der Waals surface area contributed by atoms with Crippen LogP contribution in [0.1, 0.15) is 45.2 Å². The zero-order valence-electron chi connectivity index (χ0n) is 12.5. The number of hydrogen-bond donors (Lipinski definition) is 2. The number of carbonyl (C=O) groups is 1. The van der Waals surface area contributed by atoms with Crippen LogP contribution in [0.3, 0.4) is 0 Å². The number of carboxylic acids is 1. The molecule has 1 aromatic rings. The summed E-state index contributed by atoms with van der Waals surface area (Å²) in [5, 5.41) is 9.89. The quantitative estimate of drug-likeness (QED) is 0.817. The molecule has 0 radical (unpaired) electrons. The van der Waals surface area contributed by atoms with Crippen molar-refractivity contribution in [1.29, 1.82) is 0 Å². The van der Waals surface area contributed by atoms with Crippen LogP contribution in [-0.2, 0) is 11.2 Å². The van der Waals surface area contributed by atoms with Gasteiger partial charge in [0.1, 0.15) is 0 Å². The number of nitrogens with one attached hydrogen (secondary N) is 1. The smallest absolute Gasteiger partial charge is 0.307 e. The summed E-state index contributed by atoms with van der Waals surface area (Å²) in [6, 6.07) is 1.52. The molecule has 3 unspecified atom stereocenters.